The van der Waals surface area contributed by atoms with Gasteiger partial charge in [-0.15, -0.1) is 0 Å². The van der Waals surface area contributed by atoms with Gasteiger partial charge in [-0.1, -0.05) is 62.4 Å². The lowest BCUT2D eigenvalue weighted by Gasteiger charge is -2.31. The van der Waals surface area contributed by atoms with Crippen LogP contribution >= 0.6 is 0 Å². The van der Waals surface area contributed by atoms with Gasteiger partial charge < -0.3 is 9.47 Å². The largest absolute Gasteiger partial charge is 0.463 e. The quantitative estimate of drug-likeness (QED) is 0.399. The van der Waals surface area contributed by atoms with Gasteiger partial charge in [0.1, 0.15) is 0 Å². The Bertz CT molecular complexity index is 783. The first-order valence-electron chi connectivity index (χ1n) is 8.96. The molecule has 5 heteroatoms. The van der Waals surface area contributed by atoms with Gasteiger partial charge in [0.15, 0.2) is 0 Å². The zero-order chi connectivity index (χ0) is 19.9. The van der Waals surface area contributed by atoms with Gasteiger partial charge in [0.25, 0.3) is 5.60 Å². The normalized spacial score (nSPS) is 12.9. The summed E-state index contributed by atoms with van der Waals surface area (Å²) in [5, 5.41) is 0. The summed E-state index contributed by atoms with van der Waals surface area (Å²) in [6.45, 7) is 5.42. The maximum absolute atomic E-state index is 13.3. The highest BCUT2D eigenvalue weighted by atomic mass is 16.6. The smallest absolute Gasteiger partial charge is 0.358 e. The summed E-state index contributed by atoms with van der Waals surface area (Å²) >= 11 is 0. The molecule has 0 radical (unpaired) electrons. The molecule has 0 aliphatic carbocycles. The molecule has 0 fully saturated rings. The highest BCUT2D eigenvalue weighted by molar-refractivity contribution is 6.17. The van der Waals surface area contributed by atoms with Crippen LogP contribution in [0.25, 0.3) is 0 Å². The Morgan fingerprint density at radius 2 is 1.41 bits per heavy atom. The number of ether oxygens (including phenoxy) is 2. The lowest BCUT2D eigenvalue weighted by Crippen LogP contribution is -2.52. The average Bonchev–Trinajstić information content (AvgIpc) is 2.68. The molecule has 0 bridgehead atoms. The Labute approximate surface area is 159 Å². The molecule has 0 heterocycles. The molecule has 0 aliphatic heterocycles. The molecular weight excluding hydrogens is 344 g/mol. The van der Waals surface area contributed by atoms with Crippen molar-refractivity contribution in [1.82, 2.24) is 0 Å². The van der Waals surface area contributed by atoms with E-state index in [2.05, 4.69) is 0 Å². The maximum Gasteiger partial charge on any atom is 0.358 e. The Hall–Kier alpha value is -2.95. The van der Waals surface area contributed by atoms with Gasteiger partial charge in [0, 0.05) is 12.0 Å². The maximum atomic E-state index is 13.3. The Balaban J connectivity index is 2.51. The number of ketones is 1. The number of Topliss-reactive ketones (excluding diaryl/α,β-unsaturated/α-hetero) is 1. The van der Waals surface area contributed by atoms with E-state index in [1.54, 1.807) is 67.6 Å². The third kappa shape index (κ3) is 4.82. The van der Waals surface area contributed by atoms with E-state index in [-0.39, 0.29) is 30.1 Å². The zero-order valence-corrected chi connectivity index (χ0v) is 15.8. The van der Waals surface area contributed by atoms with E-state index in [4.69, 9.17) is 9.47 Å². The minimum absolute atomic E-state index is 0.0259. The van der Waals surface area contributed by atoms with Crippen molar-refractivity contribution in [3.63, 3.8) is 0 Å². The first kappa shape index (κ1) is 20.4. The fourth-order valence-corrected chi connectivity index (χ4v) is 2.84. The molecule has 2 aromatic carbocycles. The number of esters is 2. The second-order valence-electron chi connectivity index (χ2n) is 6.60. The van der Waals surface area contributed by atoms with Crippen molar-refractivity contribution in [2.24, 2.45) is 5.92 Å². The van der Waals surface area contributed by atoms with Gasteiger partial charge in [0.05, 0.1) is 12.2 Å². The second kappa shape index (κ2) is 9.12. The molecule has 0 saturated heterocycles. The first-order valence-corrected chi connectivity index (χ1v) is 8.96. The second-order valence-corrected chi connectivity index (χ2v) is 6.60. The molecule has 0 saturated carbocycles. The van der Waals surface area contributed by atoms with Crippen molar-refractivity contribution in [1.29, 1.82) is 0 Å². The number of hydrogen-bond acceptors (Lipinski definition) is 5. The van der Waals surface area contributed by atoms with Crippen LogP contribution in [0.3, 0.4) is 0 Å². The minimum atomic E-state index is -2.03. The lowest BCUT2D eigenvalue weighted by molar-refractivity contribution is -0.161. The fraction of sp³-hybridized carbons (Fsp3) is 0.318. The zero-order valence-electron chi connectivity index (χ0n) is 15.8. The average molecular weight is 368 g/mol. The number of hydrogen-bond donors (Lipinski definition) is 0. The van der Waals surface area contributed by atoms with Crippen molar-refractivity contribution >= 4 is 17.7 Å². The fourth-order valence-electron chi connectivity index (χ4n) is 2.84. The van der Waals surface area contributed by atoms with Crippen LogP contribution in [0.4, 0.5) is 0 Å². The van der Waals surface area contributed by atoms with Crippen LogP contribution in [0.1, 0.15) is 47.9 Å². The van der Waals surface area contributed by atoms with Crippen molar-refractivity contribution in [2.75, 3.05) is 6.61 Å². The molecule has 2 rings (SSSR count). The highest BCUT2D eigenvalue weighted by Crippen LogP contribution is 2.29. The summed E-state index contributed by atoms with van der Waals surface area (Å²) in [5.74, 6) is -2.27. The van der Waals surface area contributed by atoms with E-state index in [1.165, 1.54) is 0 Å². The minimum Gasteiger partial charge on any atom is -0.463 e. The number of rotatable bonds is 8. The van der Waals surface area contributed by atoms with Crippen molar-refractivity contribution in [3.8, 4) is 0 Å². The van der Waals surface area contributed by atoms with Crippen LogP contribution in [-0.2, 0) is 14.3 Å². The van der Waals surface area contributed by atoms with E-state index >= 15 is 0 Å². The summed E-state index contributed by atoms with van der Waals surface area (Å²) < 4.78 is 10.8. The predicted molar refractivity (Wildman–Crippen MR) is 101 cm³/mol. The molecule has 0 spiro atoms. The topological polar surface area (TPSA) is 69.7 Å². The summed E-state index contributed by atoms with van der Waals surface area (Å²) in [6.07, 6.45) is 0.0259. The summed E-state index contributed by atoms with van der Waals surface area (Å²) in [4.78, 5) is 38.9. The Morgan fingerprint density at radius 1 is 0.889 bits per heavy atom. The highest BCUT2D eigenvalue weighted by Gasteiger charge is 2.52. The molecule has 27 heavy (non-hydrogen) atoms. The molecule has 0 aromatic heterocycles. The van der Waals surface area contributed by atoms with Gasteiger partial charge in [0.2, 0.25) is 5.78 Å². The number of carbonyl (C=O) groups is 3. The Kier molecular flexibility index (Phi) is 6.88. The lowest BCUT2D eigenvalue weighted by atomic mass is 9.84. The summed E-state index contributed by atoms with van der Waals surface area (Å²) in [7, 11) is 0. The van der Waals surface area contributed by atoms with E-state index in [1.807, 2.05) is 13.8 Å². The molecule has 142 valence electrons. The van der Waals surface area contributed by atoms with Crippen molar-refractivity contribution in [2.45, 2.75) is 32.8 Å². The molecule has 1 unspecified atom stereocenters. The van der Waals surface area contributed by atoms with E-state index in [0.717, 1.165) is 0 Å². The van der Waals surface area contributed by atoms with E-state index in [0.29, 0.717) is 0 Å². The SMILES string of the molecule is CCOC(=O)C(CC(C)C)(OC(=O)c1ccccc1)C(=O)c1ccccc1. The van der Waals surface area contributed by atoms with Crippen LogP contribution in [0.5, 0.6) is 0 Å². The van der Waals surface area contributed by atoms with Crippen LogP contribution in [-0.4, -0.2) is 29.9 Å². The van der Waals surface area contributed by atoms with Crippen LogP contribution in [0.2, 0.25) is 0 Å². The molecule has 1 atom stereocenters. The molecule has 5 nitrogen and oxygen atoms in total. The van der Waals surface area contributed by atoms with Gasteiger partial charge in [-0.2, -0.15) is 0 Å². The summed E-state index contributed by atoms with van der Waals surface area (Å²) in [5.41, 5.74) is -1.48. The van der Waals surface area contributed by atoms with Gasteiger partial charge >= 0.3 is 11.9 Å². The first-order chi connectivity index (χ1) is 12.9. The van der Waals surface area contributed by atoms with E-state index < -0.39 is 23.3 Å². The molecule has 2 aromatic rings. The number of carbonyl (C=O) groups excluding carboxylic acids is 3. The number of benzene rings is 2. The van der Waals surface area contributed by atoms with Gasteiger partial charge in [-0.3, -0.25) is 4.79 Å². The van der Waals surface area contributed by atoms with Crippen molar-refractivity contribution < 1.29 is 23.9 Å². The van der Waals surface area contributed by atoms with Crippen molar-refractivity contribution in [3.05, 3.63) is 71.8 Å². The van der Waals surface area contributed by atoms with Crippen LogP contribution in [0.15, 0.2) is 60.7 Å². The predicted octanol–water partition coefficient (Wildman–Crippen LogP) is 4.07. The molecule has 0 aliphatic rings. The standard InChI is InChI=1S/C22H24O5/c1-4-26-21(25)22(15-16(2)3,19(23)17-11-7-5-8-12-17)27-20(24)18-13-9-6-10-14-18/h5-14,16H,4,15H2,1-3H3. The van der Waals surface area contributed by atoms with Gasteiger partial charge in [-0.25, -0.2) is 9.59 Å². The molecule has 0 amide bonds. The van der Waals surface area contributed by atoms with Gasteiger partial charge in [-0.05, 0) is 25.0 Å². The summed E-state index contributed by atoms with van der Waals surface area (Å²) in [6, 6.07) is 16.6. The van der Waals surface area contributed by atoms with Crippen LogP contribution in [0, 0.1) is 5.92 Å². The van der Waals surface area contributed by atoms with E-state index in [9.17, 15) is 14.4 Å². The third-order valence-corrected chi connectivity index (χ3v) is 3.98. The molecule has 0 N–H and O–H groups in total. The monoisotopic (exact) mass is 368 g/mol. The molecular formula is C22H24O5. The third-order valence-electron chi connectivity index (χ3n) is 3.98. The Morgan fingerprint density at radius 3 is 1.89 bits per heavy atom. The van der Waals surface area contributed by atoms with Crippen LogP contribution < -0.4 is 0 Å².